The normalized spacial score (nSPS) is 12.1. The zero-order valence-corrected chi connectivity index (χ0v) is 26.6. The smallest absolute Gasteiger partial charge is 0.330 e. The highest BCUT2D eigenvalue weighted by Gasteiger charge is 2.25. The van der Waals surface area contributed by atoms with Gasteiger partial charge >= 0.3 is 11.9 Å². The summed E-state index contributed by atoms with van der Waals surface area (Å²) in [5.74, 6) is -1.74. The summed E-state index contributed by atoms with van der Waals surface area (Å²) in [5, 5.41) is 28.6. The van der Waals surface area contributed by atoms with Crippen molar-refractivity contribution in [1.82, 2.24) is 8.87 Å². The van der Waals surface area contributed by atoms with Crippen molar-refractivity contribution in [2.75, 3.05) is 26.3 Å². The third kappa shape index (κ3) is 9.95. The average Bonchev–Trinajstić information content (AvgIpc) is 3.03. The van der Waals surface area contributed by atoms with E-state index in [0.717, 1.165) is 46.7 Å². The van der Waals surface area contributed by atoms with E-state index >= 15 is 0 Å². The number of sulfonamides is 1. The lowest BCUT2D eigenvalue weighted by Crippen LogP contribution is -2.37. The summed E-state index contributed by atoms with van der Waals surface area (Å²) >= 11 is 0. The standard InChI is InChI=1S/C31H39N5O8S/c1-6-10-11-23(7-2)21-36-30(39)26(20-32)22(5)29(31(36)40)34-33-24-12-14-25(15-13-24)45(41,42)35(16-18-43-27(37)8-3)17-19-44-28(38)9-4/h8-9,12-15,23,39H,3-4,6-7,10-11,16-19,21H2,1-2,5H3. The minimum Gasteiger partial charge on any atom is -0.493 e. The molecule has 0 bridgehead atoms. The van der Waals surface area contributed by atoms with E-state index < -0.39 is 33.4 Å². The molecule has 1 atom stereocenters. The maximum absolute atomic E-state index is 13.4. The van der Waals surface area contributed by atoms with Gasteiger partial charge in [0, 0.05) is 37.3 Å². The number of esters is 2. The Hall–Kier alpha value is -4.61. The summed E-state index contributed by atoms with van der Waals surface area (Å²) in [4.78, 5) is 36.1. The first-order valence-electron chi connectivity index (χ1n) is 14.4. The molecule has 2 rings (SSSR count). The first-order chi connectivity index (χ1) is 21.4. The lowest BCUT2D eigenvalue weighted by molar-refractivity contribution is -0.137. The zero-order valence-electron chi connectivity index (χ0n) is 25.8. The topological polar surface area (TPSA) is 181 Å². The number of carbonyl (C=O) groups is 2. The quantitative estimate of drug-likeness (QED) is 0.136. The van der Waals surface area contributed by atoms with E-state index in [2.05, 4.69) is 30.3 Å². The van der Waals surface area contributed by atoms with Crippen molar-refractivity contribution in [1.29, 1.82) is 5.26 Å². The molecule has 1 unspecified atom stereocenters. The van der Waals surface area contributed by atoms with E-state index in [1.165, 1.54) is 31.2 Å². The van der Waals surface area contributed by atoms with E-state index in [-0.39, 0.29) is 66.2 Å². The van der Waals surface area contributed by atoms with Crippen molar-refractivity contribution < 1.29 is 32.6 Å². The van der Waals surface area contributed by atoms with Gasteiger partial charge in [0.2, 0.25) is 15.9 Å². The number of aromatic nitrogens is 1. The van der Waals surface area contributed by atoms with Crippen LogP contribution in [0.5, 0.6) is 5.88 Å². The molecule has 0 radical (unpaired) electrons. The predicted octanol–water partition coefficient (Wildman–Crippen LogP) is 4.81. The maximum Gasteiger partial charge on any atom is 0.330 e. The van der Waals surface area contributed by atoms with E-state index in [0.29, 0.717) is 0 Å². The molecule has 0 saturated carbocycles. The first kappa shape index (κ1) is 36.6. The van der Waals surface area contributed by atoms with Crippen molar-refractivity contribution in [2.24, 2.45) is 16.1 Å². The predicted molar refractivity (Wildman–Crippen MR) is 167 cm³/mol. The number of nitriles is 1. The fourth-order valence-electron chi connectivity index (χ4n) is 4.31. The minimum atomic E-state index is -4.14. The lowest BCUT2D eigenvalue weighted by Gasteiger charge is -2.22. The zero-order chi connectivity index (χ0) is 33.6. The third-order valence-corrected chi connectivity index (χ3v) is 8.91. The third-order valence-electron chi connectivity index (χ3n) is 7.00. The Morgan fingerprint density at radius 3 is 2.16 bits per heavy atom. The lowest BCUT2D eigenvalue weighted by atomic mass is 9.99. The first-order valence-corrected chi connectivity index (χ1v) is 15.9. The molecule has 0 aliphatic rings. The molecule has 13 nitrogen and oxygen atoms in total. The number of carbonyl (C=O) groups excluding carboxylic acids is 2. The van der Waals surface area contributed by atoms with Crippen LogP contribution in [0.25, 0.3) is 0 Å². The number of pyridine rings is 1. The van der Waals surface area contributed by atoms with E-state index in [1.807, 2.05) is 13.0 Å². The Labute approximate surface area is 263 Å². The van der Waals surface area contributed by atoms with Gasteiger partial charge in [-0.05, 0) is 43.5 Å². The van der Waals surface area contributed by atoms with Gasteiger partial charge in [0.25, 0.3) is 5.56 Å². The van der Waals surface area contributed by atoms with Gasteiger partial charge in [0.05, 0.1) is 10.6 Å². The Morgan fingerprint density at radius 1 is 1.09 bits per heavy atom. The molecule has 1 heterocycles. The van der Waals surface area contributed by atoms with Crippen LogP contribution in [0.3, 0.4) is 0 Å². The van der Waals surface area contributed by atoms with Crippen LogP contribution in [0, 0.1) is 24.2 Å². The largest absolute Gasteiger partial charge is 0.493 e. The Bertz CT molecular complexity index is 1580. The van der Waals surface area contributed by atoms with E-state index in [4.69, 9.17) is 9.47 Å². The van der Waals surface area contributed by atoms with Crippen molar-refractivity contribution >= 4 is 33.3 Å². The molecular formula is C31H39N5O8S. The fourth-order valence-corrected chi connectivity index (χ4v) is 5.72. The molecule has 0 aliphatic heterocycles. The molecule has 45 heavy (non-hydrogen) atoms. The van der Waals surface area contributed by atoms with Crippen LogP contribution in [0.2, 0.25) is 0 Å². The molecule has 0 fully saturated rings. The number of hydrogen-bond acceptors (Lipinski definition) is 11. The van der Waals surface area contributed by atoms with Crippen molar-refractivity contribution in [3.8, 4) is 11.9 Å². The molecule has 2 aromatic rings. The summed E-state index contributed by atoms with van der Waals surface area (Å²) in [7, 11) is -4.14. The SMILES string of the molecule is C=CC(=O)OCCN(CCOC(=O)C=C)S(=O)(=O)c1ccc(N=Nc2c(C)c(C#N)c(O)n(CC(CC)CCCC)c2=O)cc1. The molecule has 1 aromatic carbocycles. The molecule has 14 heteroatoms. The number of hydrogen-bond donors (Lipinski definition) is 1. The highest BCUT2D eigenvalue weighted by Crippen LogP contribution is 2.29. The molecular weight excluding hydrogens is 602 g/mol. The van der Waals surface area contributed by atoms with Gasteiger partial charge < -0.3 is 14.6 Å². The second-order valence-corrected chi connectivity index (χ2v) is 11.9. The number of unbranched alkanes of at least 4 members (excludes halogenated alkanes) is 1. The van der Waals surface area contributed by atoms with Gasteiger partial charge in [-0.25, -0.2) is 18.0 Å². The van der Waals surface area contributed by atoms with Gasteiger partial charge in [-0.1, -0.05) is 46.3 Å². The highest BCUT2D eigenvalue weighted by molar-refractivity contribution is 7.89. The number of nitrogens with zero attached hydrogens (tertiary/aromatic N) is 5. The summed E-state index contributed by atoms with van der Waals surface area (Å²) in [6, 6.07) is 7.26. The number of azo groups is 1. The van der Waals surface area contributed by atoms with Gasteiger partial charge in [0.1, 0.15) is 24.8 Å². The average molecular weight is 642 g/mol. The molecule has 1 N–H and O–H groups in total. The van der Waals surface area contributed by atoms with Crippen molar-refractivity contribution in [3.63, 3.8) is 0 Å². The van der Waals surface area contributed by atoms with E-state index in [9.17, 15) is 33.2 Å². The molecule has 0 spiro atoms. The monoisotopic (exact) mass is 641 g/mol. The molecule has 0 amide bonds. The summed E-state index contributed by atoms with van der Waals surface area (Å²) in [6.07, 6.45) is 5.49. The van der Waals surface area contributed by atoms with Crippen LogP contribution >= 0.6 is 0 Å². The van der Waals surface area contributed by atoms with Gasteiger partial charge in [-0.15, -0.1) is 5.11 Å². The Morgan fingerprint density at radius 2 is 1.67 bits per heavy atom. The van der Waals surface area contributed by atoms with E-state index in [1.54, 1.807) is 0 Å². The van der Waals surface area contributed by atoms with Crippen LogP contribution in [0.4, 0.5) is 11.4 Å². The fraction of sp³-hybridized carbons (Fsp3) is 0.419. The number of aromatic hydroxyl groups is 1. The molecule has 0 aliphatic carbocycles. The summed E-state index contributed by atoms with van der Waals surface area (Å²) < 4.78 is 38.7. The van der Waals surface area contributed by atoms with Crippen molar-refractivity contribution in [3.05, 3.63) is 71.1 Å². The van der Waals surface area contributed by atoms with Gasteiger partial charge in [-0.3, -0.25) is 9.36 Å². The summed E-state index contributed by atoms with van der Waals surface area (Å²) in [5.41, 5.74) is -0.391. The Kier molecular flexibility index (Phi) is 14.3. The maximum atomic E-state index is 13.4. The van der Waals surface area contributed by atoms with Crippen LogP contribution in [0.15, 0.2) is 69.5 Å². The van der Waals surface area contributed by atoms with Crippen LogP contribution in [0.1, 0.15) is 50.7 Å². The van der Waals surface area contributed by atoms with Crippen molar-refractivity contribution in [2.45, 2.75) is 57.9 Å². The number of ether oxygens (including phenoxy) is 2. The Balaban J connectivity index is 2.37. The number of benzene rings is 1. The molecule has 242 valence electrons. The van der Waals surface area contributed by atoms with Crippen LogP contribution in [-0.2, 0) is 35.6 Å². The molecule has 0 saturated heterocycles. The van der Waals surface area contributed by atoms with Gasteiger partial charge in [0.15, 0.2) is 5.69 Å². The minimum absolute atomic E-state index is 0.0760. The second-order valence-electron chi connectivity index (χ2n) is 9.96. The second kappa shape index (κ2) is 17.6. The van der Waals surface area contributed by atoms with Crippen LogP contribution < -0.4 is 5.56 Å². The number of rotatable bonds is 18. The molecule has 1 aromatic heterocycles. The van der Waals surface area contributed by atoms with Crippen LogP contribution in [-0.4, -0.2) is 60.6 Å². The summed E-state index contributed by atoms with van der Waals surface area (Å²) in [6.45, 7) is 11.4. The highest BCUT2D eigenvalue weighted by atomic mass is 32.2. The van der Waals surface area contributed by atoms with Gasteiger partial charge in [-0.2, -0.15) is 14.7 Å².